The van der Waals surface area contributed by atoms with E-state index in [4.69, 9.17) is 16.3 Å². The summed E-state index contributed by atoms with van der Waals surface area (Å²) in [5, 5.41) is 3.33. The van der Waals surface area contributed by atoms with Crippen LogP contribution in [0.15, 0.2) is 12.3 Å². The van der Waals surface area contributed by atoms with Crippen molar-refractivity contribution in [1.82, 2.24) is 9.97 Å². The normalized spacial score (nSPS) is 14.3. The topological polar surface area (TPSA) is 47.0 Å². The Morgan fingerprint density at radius 1 is 1.50 bits per heavy atom. The molecule has 0 aromatic carbocycles. The summed E-state index contributed by atoms with van der Waals surface area (Å²) in [6.45, 7) is 8.18. The molecule has 0 bridgehead atoms. The average molecular weight is 272 g/mol. The highest BCUT2D eigenvalue weighted by atomic mass is 35.5. The molecular formula is C13H22ClN3O. The highest BCUT2D eigenvalue weighted by Gasteiger charge is 2.22. The van der Waals surface area contributed by atoms with Crippen molar-refractivity contribution in [2.45, 2.75) is 52.2 Å². The van der Waals surface area contributed by atoms with Crippen LogP contribution in [0, 0.1) is 0 Å². The van der Waals surface area contributed by atoms with Gasteiger partial charge in [0.1, 0.15) is 0 Å². The largest absolute Gasteiger partial charge is 0.475 e. The average Bonchev–Trinajstić information content (AvgIpc) is 2.28. The Morgan fingerprint density at radius 2 is 2.22 bits per heavy atom. The lowest BCUT2D eigenvalue weighted by Gasteiger charge is -2.29. The van der Waals surface area contributed by atoms with E-state index in [2.05, 4.69) is 29.1 Å². The fraction of sp³-hybridized carbons (Fsp3) is 0.692. The van der Waals surface area contributed by atoms with Crippen LogP contribution >= 0.6 is 11.6 Å². The molecule has 4 nitrogen and oxygen atoms in total. The molecule has 0 saturated heterocycles. The lowest BCUT2D eigenvalue weighted by Crippen LogP contribution is -2.35. The number of alkyl halides is 1. The highest BCUT2D eigenvalue weighted by molar-refractivity contribution is 6.17. The molecule has 0 aliphatic carbocycles. The van der Waals surface area contributed by atoms with Crippen molar-refractivity contribution >= 4 is 17.5 Å². The first kappa shape index (κ1) is 15.0. The Labute approximate surface area is 114 Å². The highest BCUT2D eigenvalue weighted by Crippen LogP contribution is 2.21. The maximum absolute atomic E-state index is 5.83. The quantitative estimate of drug-likeness (QED) is 0.772. The molecule has 1 atom stereocenters. The molecule has 18 heavy (non-hydrogen) atoms. The van der Waals surface area contributed by atoms with Gasteiger partial charge in [-0.2, -0.15) is 4.98 Å². The maximum Gasteiger partial charge on any atom is 0.226 e. The fourth-order valence-corrected chi connectivity index (χ4v) is 1.93. The first-order chi connectivity index (χ1) is 8.49. The van der Waals surface area contributed by atoms with Gasteiger partial charge in [0.15, 0.2) is 0 Å². The number of rotatable bonds is 7. The summed E-state index contributed by atoms with van der Waals surface area (Å²) in [5.41, 5.74) is -0.0851. The van der Waals surface area contributed by atoms with E-state index >= 15 is 0 Å². The van der Waals surface area contributed by atoms with Crippen LogP contribution in [0.5, 0.6) is 5.88 Å². The van der Waals surface area contributed by atoms with Crippen molar-refractivity contribution in [1.29, 1.82) is 0 Å². The van der Waals surface area contributed by atoms with E-state index in [9.17, 15) is 0 Å². The molecule has 0 radical (unpaired) electrons. The van der Waals surface area contributed by atoms with Crippen molar-refractivity contribution in [3.63, 3.8) is 0 Å². The Balaban J connectivity index is 2.77. The van der Waals surface area contributed by atoms with Gasteiger partial charge in [-0.05, 0) is 33.6 Å². The van der Waals surface area contributed by atoms with Gasteiger partial charge in [0.05, 0.1) is 6.10 Å². The SMILES string of the molecule is CCC(C)(CCCl)Nc1nccc(OC(C)C)n1. The van der Waals surface area contributed by atoms with Crippen LogP contribution < -0.4 is 10.1 Å². The molecule has 0 spiro atoms. The number of nitrogens with one attached hydrogen (secondary N) is 1. The third-order valence-corrected chi connectivity index (χ3v) is 3.02. The van der Waals surface area contributed by atoms with Crippen molar-refractivity contribution in [2.24, 2.45) is 0 Å². The number of aromatic nitrogens is 2. The zero-order valence-electron chi connectivity index (χ0n) is 11.5. The number of hydrogen-bond donors (Lipinski definition) is 1. The molecular weight excluding hydrogens is 250 g/mol. The minimum Gasteiger partial charge on any atom is -0.475 e. The molecule has 1 aromatic heterocycles. The molecule has 0 aliphatic rings. The summed E-state index contributed by atoms with van der Waals surface area (Å²) in [7, 11) is 0. The van der Waals surface area contributed by atoms with Gasteiger partial charge in [0, 0.05) is 23.7 Å². The molecule has 0 saturated carbocycles. The second-order valence-corrected chi connectivity index (χ2v) is 5.24. The predicted octanol–water partition coefficient (Wildman–Crippen LogP) is 3.47. The van der Waals surface area contributed by atoms with E-state index in [-0.39, 0.29) is 11.6 Å². The zero-order chi connectivity index (χ0) is 13.6. The second kappa shape index (κ2) is 6.78. The van der Waals surface area contributed by atoms with Crippen LogP contribution in [0.3, 0.4) is 0 Å². The maximum atomic E-state index is 5.83. The molecule has 0 aliphatic heterocycles. The van der Waals surface area contributed by atoms with E-state index in [0.717, 1.165) is 12.8 Å². The molecule has 1 rings (SSSR count). The lowest BCUT2D eigenvalue weighted by atomic mass is 9.96. The summed E-state index contributed by atoms with van der Waals surface area (Å²) in [6, 6.07) is 1.76. The molecule has 1 unspecified atom stereocenters. The third-order valence-electron chi connectivity index (χ3n) is 2.83. The molecule has 0 fully saturated rings. The number of nitrogens with zero attached hydrogens (tertiary/aromatic N) is 2. The smallest absolute Gasteiger partial charge is 0.226 e. The molecule has 1 aromatic rings. The predicted molar refractivity (Wildman–Crippen MR) is 75.5 cm³/mol. The van der Waals surface area contributed by atoms with Crippen molar-refractivity contribution in [2.75, 3.05) is 11.2 Å². The van der Waals surface area contributed by atoms with Crippen LogP contribution in [-0.4, -0.2) is 27.5 Å². The Morgan fingerprint density at radius 3 is 2.78 bits per heavy atom. The van der Waals surface area contributed by atoms with Gasteiger partial charge >= 0.3 is 0 Å². The van der Waals surface area contributed by atoms with Crippen LogP contribution in [0.2, 0.25) is 0 Å². The first-order valence-corrected chi connectivity index (χ1v) is 6.86. The van der Waals surface area contributed by atoms with Crippen LogP contribution in [0.1, 0.15) is 40.5 Å². The minimum atomic E-state index is -0.0851. The van der Waals surface area contributed by atoms with Gasteiger partial charge in [0.25, 0.3) is 0 Å². The Hall–Kier alpha value is -1.03. The lowest BCUT2D eigenvalue weighted by molar-refractivity contribution is 0.232. The van der Waals surface area contributed by atoms with Gasteiger partial charge in [0.2, 0.25) is 11.8 Å². The number of halogens is 1. The standard InChI is InChI=1S/C13H22ClN3O/c1-5-13(4,7-8-14)17-12-15-9-6-11(16-12)18-10(2)3/h6,9-10H,5,7-8H2,1-4H3,(H,15,16,17). The van der Waals surface area contributed by atoms with Crippen molar-refractivity contribution < 1.29 is 4.74 Å². The van der Waals surface area contributed by atoms with Gasteiger partial charge in [-0.1, -0.05) is 6.92 Å². The molecule has 1 heterocycles. The van der Waals surface area contributed by atoms with Crippen molar-refractivity contribution in [3.8, 4) is 5.88 Å². The molecule has 1 N–H and O–H groups in total. The minimum absolute atomic E-state index is 0.0851. The fourth-order valence-electron chi connectivity index (χ4n) is 1.52. The Kier molecular flexibility index (Phi) is 5.66. The summed E-state index contributed by atoms with van der Waals surface area (Å²) >= 11 is 5.83. The van der Waals surface area contributed by atoms with E-state index in [0.29, 0.717) is 17.7 Å². The van der Waals surface area contributed by atoms with Crippen LogP contribution in [-0.2, 0) is 0 Å². The van der Waals surface area contributed by atoms with E-state index in [1.165, 1.54) is 0 Å². The van der Waals surface area contributed by atoms with Gasteiger partial charge in [-0.15, -0.1) is 11.6 Å². The number of anilines is 1. The van der Waals surface area contributed by atoms with Gasteiger partial charge in [-0.25, -0.2) is 4.98 Å². The summed E-state index contributed by atoms with van der Waals surface area (Å²) in [4.78, 5) is 8.56. The van der Waals surface area contributed by atoms with Crippen LogP contribution in [0.4, 0.5) is 5.95 Å². The van der Waals surface area contributed by atoms with E-state index < -0.39 is 0 Å². The second-order valence-electron chi connectivity index (χ2n) is 4.86. The van der Waals surface area contributed by atoms with E-state index in [1.807, 2.05) is 13.8 Å². The number of ether oxygens (including phenoxy) is 1. The number of hydrogen-bond acceptors (Lipinski definition) is 4. The summed E-state index contributed by atoms with van der Waals surface area (Å²) in [6.07, 6.45) is 3.62. The summed E-state index contributed by atoms with van der Waals surface area (Å²) < 4.78 is 5.55. The van der Waals surface area contributed by atoms with Crippen LogP contribution in [0.25, 0.3) is 0 Å². The van der Waals surface area contributed by atoms with Gasteiger partial charge < -0.3 is 10.1 Å². The molecule has 5 heteroatoms. The Bertz CT molecular complexity index is 373. The van der Waals surface area contributed by atoms with E-state index in [1.54, 1.807) is 12.3 Å². The third kappa shape index (κ3) is 4.69. The monoisotopic (exact) mass is 271 g/mol. The zero-order valence-corrected chi connectivity index (χ0v) is 12.3. The van der Waals surface area contributed by atoms with Gasteiger partial charge in [-0.3, -0.25) is 0 Å². The first-order valence-electron chi connectivity index (χ1n) is 6.33. The van der Waals surface area contributed by atoms with Crippen molar-refractivity contribution in [3.05, 3.63) is 12.3 Å². The molecule has 102 valence electrons. The molecule has 0 amide bonds. The summed E-state index contributed by atoms with van der Waals surface area (Å²) in [5.74, 6) is 1.79.